The number of esters is 2. The highest BCUT2D eigenvalue weighted by molar-refractivity contribution is 5.93. The van der Waals surface area contributed by atoms with E-state index in [1.165, 1.54) is 24.0 Å². The molecule has 4 aromatic rings. The van der Waals surface area contributed by atoms with Crippen molar-refractivity contribution in [3.63, 3.8) is 0 Å². The van der Waals surface area contributed by atoms with E-state index < -0.39 is 0 Å². The lowest BCUT2D eigenvalue weighted by Gasteiger charge is -2.30. The highest BCUT2D eigenvalue weighted by Crippen LogP contribution is 2.42. The molecule has 2 saturated carbocycles. The number of carbonyl (C=O) groups excluding carboxylic acids is 2. The summed E-state index contributed by atoms with van der Waals surface area (Å²) in [6.45, 7) is 6.15. The second kappa shape index (κ2) is 16.7. The number of hydrogen-bond acceptors (Lipinski definition) is 7. The molecule has 0 unspecified atom stereocenters. The van der Waals surface area contributed by atoms with Gasteiger partial charge in [-0.3, -0.25) is 0 Å². The van der Waals surface area contributed by atoms with Crippen LogP contribution in [0.15, 0.2) is 84.9 Å². The summed E-state index contributed by atoms with van der Waals surface area (Å²) in [6, 6.07) is 28.0. The van der Waals surface area contributed by atoms with Gasteiger partial charge >= 0.3 is 11.9 Å². The molecule has 2 fully saturated rings. The Kier molecular flexibility index (Phi) is 11.6. The van der Waals surface area contributed by atoms with Crippen LogP contribution >= 0.6 is 0 Å². The van der Waals surface area contributed by atoms with Gasteiger partial charge in [-0.15, -0.1) is 0 Å². The number of benzene rings is 4. The summed E-state index contributed by atoms with van der Waals surface area (Å²) in [5.41, 5.74) is 7.61. The number of nitrogens with one attached hydrogen (secondary N) is 1. The minimum absolute atomic E-state index is 0.300. The first-order chi connectivity index (χ1) is 24.0. The summed E-state index contributed by atoms with van der Waals surface area (Å²) >= 11 is 0. The van der Waals surface area contributed by atoms with E-state index in [1.54, 1.807) is 0 Å². The standard InChI is InChI=1S/C42H47NO6/c1-3-46-41(44)37-23-35(31-17-11-18-31)33(21-39(37)48-27-29-13-7-5-8-14-29)25-43-26-34-22-40(49-28-30-15-9-6-10-16-30)38(42(45)47-4-2)24-36(34)32-19-12-20-32/h5-10,13-16,21-24,31-32,43H,3-4,11-12,17-20,25-28H2,1-2H3. The number of rotatable bonds is 16. The molecule has 2 aliphatic carbocycles. The SMILES string of the molecule is CCOC(=O)c1cc(C2CCC2)c(CNCc2cc(OCc3ccccc3)c(C(=O)OCC)cc2C2CCC2)cc1OCc1ccccc1. The van der Waals surface area contributed by atoms with Gasteiger partial charge in [0.25, 0.3) is 0 Å². The van der Waals surface area contributed by atoms with Gasteiger partial charge in [-0.05, 0) is 109 Å². The molecule has 4 aromatic carbocycles. The van der Waals surface area contributed by atoms with Crippen LogP contribution in [0, 0.1) is 0 Å². The van der Waals surface area contributed by atoms with Crippen LogP contribution in [0.25, 0.3) is 0 Å². The van der Waals surface area contributed by atoms with E-state index in [2.05, 4.69) is 5.32 Å². The van der Waals surface area contributed by atoms with Gasteiger partial charge in [-0.1, -0.05) is 73.5 Å². The van der Waals surface area contributed by atoms with Gasteiger partial charge in [0.15, 0.2) is 0 Å². The first-order valence-electron chi connectivity index (χ1n) is 17.8. The lowest BCUT2D eigenvalue weighted by atomic mass is 9.77. The van der Waals surface area contributed by atoms with E-state index in [-0.39, 0.29) is 11.9 Å². The molecule has 7 nitrogen and oxygen atoms in total. The molecule has 6 rings (SSSR count). The summed E-state index contributed by atoms with van der Waals surface area (Å²) in [5, 5.41) is 3.71. The molecule has 1 N–H and O–H groups in total. The molecular formula is C42H47NO6. The third-order valence-electron chi connectivity index (χ3n) is 9.67. The van der Waals surface area contributed by atoms with E-state index in [1.807, 2.05) is 98.8 Å². The molecule has 0 heterocycles. The third-order valence-corrected chi connectivity index (χ3v) is 9.67. The molecule has 0 aliphatic heterocycles. The van der Waals surface area contributed by atoms with E-state index in [9.17, 15) is 9.59 Å². The lowest BCUT2D eigenvalue weighted by molar-refractivity contribution is 0.0511. The van der Waals surface area contributed by atoms with Crippen molar-refractivity contribution in [2.75, 3.05) is 13.2 Å². The molecule has 0 spiro atoms. The summed E-state index contributed by atoms with van der Waals surface area (Å²) in [5.74, 6) is 1.16. The van der Waals surface area contributed by atoms with Crippen molar-refractivity contribution in [3.8, 4) is 11.5 Å². The topological polar surface area (TPSA) is 83.1 Å². The minimum Gasteiger partial charge on any atom is -0.488 e. The van der Waals surface area contributed by atoms with Crippen molar-refractivity contribution >= 4 is 11.9 Å². The van der Waals surface area contributed by atoms with Crippen LogP contribution in [-0.4, -0.2) is 25.2 Å². The molecule has 0 bridgehead atoms. The van der Waals surface area contributed by atoms with Crippen molar-refractivity contribution in [3.05, 3.63) is 129 Å². The molecule has 0 aromatic heterocycles. The molecule has 0 radical (unpaired) electrons. The maximum atomic E-state index is 13.1. The predicted molar refractivity (Wildman–Crippen MR) is 190 cm³/mol. The average molecular weight is 662 g/mol. The van der Waals surface area contributed by atoms with Crippen molar-refractivity contribution in [1.82, 2.24) is 5.32 Å². The highest BCUT2D eigenvalue weighted by Gasteiger charge is 2.28. The van der Waals surface area contributed by atoms with Crippen molar-refractivity contribution in [2.45, 2.75) is 90.5 Å². The normalized spacial score (nSPS) is 14.4. The quantitative estimate of drug-likeness (QED) is 0.120. The van der Waals surface area contributed by atoms with Gasteiger partial charge in [-0.25, -0.2) is 9.59 Å². The van der Waals surface area contributed by atoms with Gasteiger partial charge in [0.1, 0.15) is 35.8 Å². The summed E-state index contributed by atoms with van der Waals surface area (Å²) < 4.78 is 23.5. The zero-order valence-corrected chi connectivity index (χ0v) is 28.7. The molecule has 0 saturated heterocycles. The monoisotopic (exact) mass is 661 g/mol. The van der Waals surface area contributed by atoms with Crippen LogP contribution in [-0.2, 0) is 35.8 Å². The van der Waals surface area contributed by atoms with E-state index in [0.717, 1.165) is 47.9 Å². The molecule has 7 heteroatoms. The van der Waals surface area contributed by atoms with Gasteiger partial charge in [0, 0.05) is 13.1 Å². The Hall–Kier alpha value is -4.62. The van der Waals surface area contributed by atoms with E-state index >= 15 is 0 Å². The zero-order valence-electron chi connectivity index (χ0n) is 28.7. The highest BCUT2D eigenvalue weighted by atomic mass is 16.5. The van der Waals surface area contributed by atoms with Gasteiger partial charge in [-0.2, -0.15) is 0 Å². The van der Waals surface area contributed by atoms with Crippen molar-refractivity contribution in [2.24, 2.45) is 0 Å². The molecule has 0 amide bonds. The Bertz CT molecular complexity index is 1590. The van der Waals surface area contributed by atoms with Gasteiger partial charge in [0.05, 0.1) is 13.2 Å². The van der Waals surface area contributed by atoms with Gasteiger partial charge in [0.2, 0.25) is 0 Å². The van der Waals surface area contributed by atoms with Crippen LogP contribution in [0.4, 0.5) is 0 Å². The molecule has 49 heavy (non-hydrogen) atoms. The van der Waals surface area contributed by atoms with Gasteiger partial charge < -0.3 is 24.3 Å². The lowest BCUT2D eigenvalue weighted by Crippen LogP contribution is -2.21. The summed E-state index contributed by atoms with van der Waals surface area (Å²) in [6.07, 6.45) is 6.76. The average Bonchev–Trinajstić information content (AvgIpc) is 3.07. The van der Waals surface area contributed by atoms with Crippen LogP contribution < -0.4 is 14.8 Å². The largest absolute Gasteiger partial charge is 0.488 e. The second-order valence-corrected chi connectivity index (χ2v) is 12.9. The van der Waals surface area contributed by atoms with Crippen molar-refractivity contribution < 1.29 is 28.5 Å². The first-order valence-corrected chi connectivity index (χ1v) is 17.8. The molecule has 256 valence electrons. The summed E-state index contributed by atoms with van der Waals surface area (Å²) in [7, 11) is 0. The first kappa shape index (κ1) is 34.3. The smallest absolute Gasteiger partial charge is 0.341 e. The number of hydrogen-bond donors (Lipinski definition) is 1. The Morgan fingerprint density at radius 2 is 1.02 bits per heavy atom. The maximum Gasteiger partial charge on any atom is 0.341 e. The Labute approximate surface area is 289 Å². The third kappa shape index (κ3) is 8.52. The maximum absolute atomic E-state index is 13.1. The van der Waals surface area contributed by atoms with E-state index in [0.29, 0.717) is 74.0 Å². The number of carbonyl (C=O) groups is 2. The van der Waals surface area contributed by atoms with Crippen LogP contribution in [0.5, 0.6) is 11.5 Å². The fraction of sp³-hybridized carbons (Fsp3) is 0.381. The minimum atomic E-state index is -0.361. The van der Waals surface area contributed by atoms with Crippen LogP contribution in [0.3, 0.4) is 0 Å². The molecule has 2 aliphatic rings. The second-order valence-electron chi connectivity index (χ2n) is 12.9. The fourth-order valence-corrected chi connectivity index (χ4v) is 6.56. The zero-order chi connectivity index (χ0) is 34.0. The van der Waals surface area contributed by atoms with E-state index in [4.69, 9.17) is 18.9 Å². The molecular weight excluding hydrogens is 614 g/mol. The predicted octanol–water partition coefficient (Wildman–Crippen LogP) is 9.02. The molecule has 0 atom stereocenters. The van der Waals surface area contributed by atoms with Crippen LogP contribution in [0.1, 0.15) is 118 Å². The van der Waals surface area contributed by atoms with Crippen molar-refractivity contribution in [1.29, 1.82) is 0 Å². The fourth-order valence-electron chi connectivity index (χ4n) is 6.56. The Morgan fingerprint density at radius 1 is 0.612 bits per heavy atom. The van der Waals surface area contributed by atoms with Crippen LogP contribution in [0.2, 0.25) is 0 Å². The Morgan fingerprint density at radius 3 is 1.37 bits per heavy atom. The number of ether oxygens (including phenoxy) is 4. The summed E-state index contributed by atoms with van der Waals surface area (Å²) in [4.78, 5) is 26.3. The Balaban J connectivity index is 1.28.